The van der Waals surface area contributed by atoms with Gasteiger partial charge in [-0.15, -0.1) is 0 Å². The van der Waals surface area contributed by atoms with Crippen LogP contribution in [0.3, 0.4) is 0 Å². The van der Waals surface area contributed by atoms with Crippen molar-refractivity contribution in [3.05, 3.63) is 97.2 Å². The van der Waals surface area contributed by atoms with Gasteiger partial charge in [-0.05, 0) is 96.3 Å². The Morgan fingerprint density at radius 2 is 0.542 bits per heavy atom. The van der Waals surface area contributed by atoms with Crippen LogP contribution in [-0.4, -0.2) is 37.2 Å². The van der Waals surface area contributed by atoms with Crippen molar-refractivity contribution in [1.29, 1.82) is 0 Å². The molecule has 6 heteroatoms. The molecule has 0 aromatic heterocycles. The zero-order valence-corrected chi connectivity index (χ0v) is 47.2. The number of ether oxygens (including phenoxy) is 3. The van der Waals surface area contributed by atoms with E-state index in [1.54, 1.807) is 0 Å². The molecule has 72 heavy (non-hydrogen) atoms. The fraction of sp³-hybridized carbons (Fsp3) is 0.712. The molecule has 412 valence electrons. The third kappa shape index (κ3) is 57.2. The van der Waals surface area contributed by atoms with Gasteiger partial charge in [0.25, 0.3) is 0 Å². The van der Waals surface area contributed by atoms with Crippen LogP contribution in [0.4, 0.5) is 0 Å². The van der Waals surface area contributed by atoms with Crippen molar-refractivity contribution < 1.29 is 28.6 Å². The predicted octanol–water partition coefficient (Wildman–Crippen LogP) is 20.5. The van der Waals surface area contributed by atoms with Gasteiger partial charge in [0.1, 0.15) is 13.2 Å². The molecule has 0 saturated carbocycles. The number of rotatable bonds is 54. The molecule has 0 spiro atoms. The quantitative estimate of drug-likeness (QED) is 0.0261. The molecule has 0 aromatic carbocycles. The highest BCUT2D eigenvalue weighted by atomic mass is 16.6. The Morgan fingerprint density at radius 1 is 0.292 bits per heavy atom. The summed E-state index contributed by atoms with van der Waals surface area (Å²) in [6, 6.07) is 0. The molecule has 0 N–H and O–H groups in total. The topological polar surface area (TPSA) is 78.9 Å². The van der Waals surface area contributed by atoms with E-state index in [4.69, 9.17) is 14.2 Å². The Kier molecular flexibility index (Phi) is 56.8. The van der Waals surface area contributed by atoms with Gasteiger partial charge in [0.05, 0.1) is 0 Å². The molecule has 0 saturated heterocycles. The summed E-state index contributed by atoms with van der Waals surface area (Å²) < 4.78 is 16.8. The minimum atomic E-state index is -0.808. The first kappa shape index (κ1) is 68.3. The first-order chi connectivity index (χ1) is 35.5. The molecule has 0 bridgehead atoms. The molecular formula is C66H112O6. The fourth-order valence-corrected chi connectivity index (χ4v) is 8.37. The molecule has 6 nitrogen and oxygen atoms in total. The van der Waals surface area contributed by atoms with Crippen LogP contribution >= 0.6 is 0 Å². The molecule has 1 unspecified atom stereocenters. The maximum Gasteiger partial charge on any atom is 0.306 e. The lowest BCUT2D eigenvalue weighted by Crippen LogP contribution is -2.30. The lowest BCUT2D eigenvalue weighted by atomic mass is 10.0. The number of hydrogen-bond donors (Lipinski definition) is 0. The molecule has 0 aliphatic rings. The smallest absolute Gasteiger partial charge is 0.306 e. The molecule has 0 heterocycles. The lowest BCUT2D eigenvalue weighted by Gasteiger charge is -2.18. The van der Waals surface area contributed by atoms with E-state index in [0.717, 1.165) is 122 Å². The zero-order chi connectivity index (χ0) is 52.2. The van der Waals surface area contributed by atoms with Crippen molar-refractivity contribution in [2.24, 2.45) is 0 Å². The Morgan fingerprint density at radius 3 is 0.875 bits per heavy atom. The van der Waals surface area contributed by atoms with E-state index in [9.17, 15) is 14.4 Å². The van der Waals surface area contributed by atoms with E-state index in [1.165, 1.54) is 122 Å². The minimum Gasteiger partial charge on any atom is -0.462 e. The number of hydrogen-bond acceptors (Lipinski definition) is 6. The highest BCUT2D eigenvalue weighted by Gasteiger charge is 2.19. The molecular weight excluding hydrogens is 889 g/mol. The number of allylic oxidation sites excluding steroid dienone is 16. The summed E-state index contributed by atoms with van der Waals surface area (Å²) in [5.74, 6) is -0.959. The van der Waals surface area contributed by atoms with Crippen LogP contribution in [0.25, 0.3) is 0 Å². The van der Waals surface area contributed by atoms with Crippen LogP contribution < -0.4 is 0 Å². The van der Waals surface area contributed by atoms with Gasteiger partial charge < -0.3 is 14.2 Å². The van der Waals surface area contributed by atoms with Gasteiger partial charge in [-0.3, -0.25) is 14.4 Å². The second-order valence-corrected chi connectivity index (χ2v) is 19.9. The van der Waals surface area contributed by atoms with Crippen molar-refractivity contribution in [2.45, 2.75) is 290 Å². The van der Waals surface area contributed by atoms with Gasteiger partial charge in [-0.25, -0.2) is 0 Å². The molecule has 0 fully saturated rings. The third-order valence-electron chi connectivity index (χ3n) is 12.8. The van der Waals surface area contributed by atoms with Crippen molar-refractivity contribution in [2.75, 3.05) is 13.2 Å². The Bertz CT molecular complexity index is 1430. The average molecular weight is 1000 g/mol. The van der Waals surface area contributed by atoms with E-state index in [-0.39, 0.29) is 31.1 Å². The van der Waals surface area contributed by atoms with Crippen LogP contribution in [-0.2, 0) is 28.6 Å². The van der Waals surface area contributed by atoms with Gasteiger partial charge in [0, 0.05) is 19.3 Å². The van der Waals surface area contributed by atoms with Gasteiger partial charge in [0.15, 0.2) is 6.10 Å². The highest BCUT2D eigenvalue weighted by molar-refractivity contribution is 5.71. The summed E-state index contributed by atoms with van der Waals surface area (Å²) in [6.07, 6.45) is 79.9. The van der Waals surface area contributed by atoms with Crippen molar-refractivity contribution in [3.8, 4) is 0 Å². The monoisotopic (exact) mass is 1000 g/mol. The van der Waals surface area contributed by atoms with Gasteiger partial charge >= 0.3 is 17.9 Å². The van der Waals surface area contributed by atoms with Gasteiger partial charge in [-0.2, -0.15) is 0 Å². The first-order valence-corrected chi connectivity index (χ1v) is 30.2. The molecule has 0 aromatic rings. The predicted molar refractivity (Wildman–Crippen MR) is 311 cm³/mol. The Balaban J connectivity index is 4.41. The van der Waals surface area contributed by atoms with Crippen molar-refractivity contribution in [3.63, 3.8) is 0 Å². The fourth-order valence-electron chi connectivity index (χ4n) is 8.37. The first-order valence-electron chi connectivity index (χ1n) is 30.2. The molecule has 0 aliphatic carbocycles. The second kappa shape index (κ2) is 59.9. The number of carbonyl (C=O) groups is 3. The molecule has 1 atom stereocenters. The summed E-state index contributed by atoms with van der Waals surface area (Å²) in [6.45, 7) is 6.38. The summed E-state index contributed by atoms with van der Waals surface area (Å²) in [5, 5.41) is 0. The molecule has 0 amide bonds. The summed E-state index contributed by atoms with van der Waals surface area (Å²) in [5.41, 5.74) is 0. The van der Waals surface area contributed by atoms with E-state index in [1.807, 2.05) is 0 Å². The van der Waals surface area contributed by atoms with Crippen LogP contribution in [0, 0.1) is 0 Å². The highest BCUT2D eigenvalue weighted by Crippen LogP contribution is 2.16. The molecule has 0 aliphatic heterocycles. The number of esters is 3. The Hall–Kier alpha value is -3.67. The maximum absolute atomic E-state index is 12.9. The van der Waals surface area contributed by atoms with Crippen LogP contribution in [0.2, 0.25) is 0 Å². The lowest BCUT2D eigenvalue weighted by molar-refractivity contribution is -0.167. The standard InChI is InChI=1S/C66H112O6/c1-4-7-10-13-16-19-22-25-28-30-31-32-33-34-36-38-41-44-47-50-53-56-59-65(68)71-62-63(61-70-64(67)58-55-52-49-46-43-40-37-27-24-21-18-15-12-9-6-3)72-66(69)60-57-54-51-48-45-42-39-35-29-26-23-20-17-14-11-8-5-2/h8-9,11-12,17-18,20-21,26-27,29,37,39,42-43,46,63H,4-7,10,13-16,19,22-25,28,30-36,38,40-41,44-45,47-62H2,1-3H3/b11-8-,12-9-,20-17-,21-18-,29-26-,37-27-,42-39-,46-43-. The summed E-state index contributed by atoms with van der Waals surface area (Å²) in [7, 11) is 0. The van der Waals surface area contributed by atoms with Gasteiger partial charge in [0.2, 0.25) is 0 Å². The van der Waals surface area contributed by atoms with Crippen LogP contribution in [0.1, 0.15) is 284 Å². The third-order valence-corrected chi connectivity index (χ3v) is 12.8. The van der Waals surface area contributed by atoms with E-state index < -0.39 is 6.10 Å². The Labute approximate surface area is 445 Å². The van der Waals surface area contributed by atoms with Crippen LogP contribution in [0.5, 0.6) is 0 Å². The maximum atomic E-state index is 12.9. The molecule has 0 rings (SSSR count). The van der Waals surface area contributed by atoms with E-state index in [0.29, 0.717) is 19.3 Å². The average Bonchev–Trinajstić information content (AvgIpc) is 3.38. The second-order valence-electron chi connectivity index (χ2n) is 19.9. The number of carbonyl (C=O) groups excluding carboxylic acids is 3. The van der Waals surface area contributed by atoms with Crippen molar-refractivity contribution in [1.82, 2.24) is 0 Å². The van der Waals surface area contributed by atoms with Crippen LogP contribution in [0.15, 0.2) is 97.2 Å². The summed E-state index contributed by atoms with van der Waals surface area (Å²) in [4.78, 5) is 38.2. The van der Waals surface area contributed by atoms with Gasteiger partial charge in [-0.1, -0.05) is 266 Å². The van der Waals surface area contributed by atoms with Crippen molar-refractivity contribution >= 4 is 17.9 Å². The normalized spacial score (nSPS) is 12.8. The molecule has 0 radical (unpaired) electrons. The SMILES string of the molecule is CC/C=C\C/C=C\C/C=C\C/C=C\CCCCCCC(=O)OC(COC(=O)CCCC/C=C\C/C=C\C/C=C\C/C=C\CC)COC(=O)CCCCCCCCCCCCCCCCCCCCCCCC. The van der Waals surface area contributed by atoms with E-state index in [2.05, 4.69) is 118 Å². The minimum absolute atomic E-state index is 0.0993. The zero-order valence-electron chi connectivity index (χ0n) is 47.2. The van der Waals surface area contributed by atoms with E-state index >= 15 is 0 Å². The largest absolute Gasteiger partial charge is 0.462 e. The number of unbranched alkanes of at least 4 members (excludes halogenated alkanes) is 27. The summed E-state index contributed by atoms with van der Waals surface area (Å²) >= 11 is 0.